The molecule has 0 amide bonds. The molecule has 1 aromatic heterocycles. The van der Waals surface area contributed by atoms with Gasteiger partial charge in [0.2, 0.25) is 0 Å². The minimum absolute atomic E-state index is 0.130. The third-order valence-electron chi connectivity index (χ3n) is 3.91. The maximum absolute atomic E-state index is 12.3. The number of aromatic nitrogens is 1. The molecule has 0 unspecified atom stereocenters. The van der Waals surface area contributed by atoms with Crippen molar-refractivity contribution in [1.82, 2.24) is 4.57 Å². The van der Waals surface area contributed by atoms with E-state index in [9.17, 15) is 4.79 Å². The van der Waals surface area contributed by atoms with Crippen molar-refractivity contribution < 1.29 is 0 Å². The summed E-state index contributed by atoms with van der Waals surface area (Å²) in [4.78, 5) is 12.3. The zero-order valence-corrected chi connectivity index (χ0v) is 13.7. The largest absolute Gasteiger partial charge is 0.311 e. The molecule has 0 aliphatic rings. The van der Waals surface area contributed by atoms with Gasteiger partial charge in [0.15, 0.2) is 0 Å². The highest BCUT2D eigenvalue weighted by atomic mass is 16.1. The fraction of sp³-hybridized carbons (Fsp3) is 0.667. The van der Waals surface area contributed by atoms with E-state index in [1.54, 1.807) is 10.6 Å². The van der Waals surface area contributed by atoms with Crippen LogP contribution in [0.5, 0.6) is 0 Å². The van der Waals surface area contributed by atoms with Crippen molar-refractivity contribution in [3.8, 4) is 6.07 Å². The molecule has 0 saturated heterocycles. The summed E-state index contributed by atoms with van der Waals surface area (Å²) in [5.41, 5.74) is 1.15. The van der Waals surface area contributed by atoms with Gasteiger partial charge in [0.05, 0.1) is 0 Å². The maximum Gasteiger partial charge on any atom is 0.268 e. The topological polar surface area (TPSA) is 45.8 Å². The molecule has 0 fully saturated rings. The van der Waals surface area contributed by atoms with Crippen LogP contribution >= 0.6 is 0 Å². The molecule has 0 N–H and O–H groups in total. The molecule has 1 heterocycles. The summed E-state index contributed by atoms with van der Waals surface area (Å²) < 4.78 is 1.80. The van der Waals surface area contributed by atoms with Gasteiger partial charge >= 0.3 is 0 Å². The van der Waals surface area contributed by atoms with E-state index in [2.05, 4.69) is 20.8 Å². The minimum atomic E-state index is -0.130. The maximum atomic E-state index is 12.3. The Morgan fingerprint density at radius 3 is 2.29 bits per heavy atom. The van der Waals surface area contributed by atoms with Gasteiger partial charge in [0.1, 0.15) is 11.6 Å². The van der Waals surface area contributed by atoms with Crippen LogP contribution in [0.4, 0.5) is 0 Å². The monoisotopic (exact) mass is 288 g/mol. The van der Waals surface area contributed by atoms with Crippen molar-refractivity contribution in [3.05, 3.63) is 33.7 Å². The fourth-order valence-electron chi connectivity index (χ4n) is 2.64. The lowest BCUT2D eigenvalue weighted by Gasteiger charge is -2.15. The molecule has 1 rings (SSSR count). The lowest BCUT2D eigenvalue weighted by molar-refractivity contribution is 0.524. The zero-order valence-electron chi connectivity index (χ0n) is 13.7. The molecule has 0 aliphatic carbocycles. The second kappa shape index (κ2) is 9.39. The normalized spacial score (nSPS) is 10.8. The van der Waals surface area contributed by atoms with Gasteiger partial charge in [-0.1, -0.05) is 59.3 Å². The molecular formula is C18H28N2O. The van der Waals surface area contributed by atoms with E-state index in [1.807, 2.05) is 12.1 Å². The van der Waals surface area contributed by atoms with Crippen LogP contribution in [0.25, 0.3) is 0 Å². The number of unbranched alkanes of at least 4 members (excludes halogenated alkanes) is 6. The predicted octanol–water partition coefficient (Wildman–Crippen LogP) is 4.59. The Hall–Kier alpha value is -1.56. The predicted molar refractivity (Wildman–Crippen MR) is 87.5 cm³/mol. The molecule has 0 saturated carbocycles. The second-order valence-electron chi connectivity index (χ2n) is 6.02. The van der Waals surface area contributed by atoms with Crippen molar-refractivity contribution in [2.24, 2.45) is 0 Å². The van der Waals surface area contributed by atoms with Gasteiger partial charge in [-0.15, -0.1) is 0 Å². The fourth-order valence-corrected chi connectivity index (χ4v) is 2.64. The number of nitrogens with zero attached hydrogens (tertiary/aromatic N) is 2. The Bertz CT molecular complexity index is 523. The van der Waals surface area contributed by atoms with Crippen LogP contribution in [0, 0.1) is 11.3 Å². The molecular weight excluding hydrogens is 260 g/mol. The Morgan fingerprint density at radius 1 is 1.10 bits per heavy atom. The Morgan fingerprint density at radius 2 is 1.71 bits per heavy atom. The Labute approximate surface area is 128 Å². The van der Waals surface area contributed by atoms with Crippen molar-refractivity contribution in [3.63, 3.8) is 0 Å². The van der Waals surface area contributed by atoms with E-state index in [1.165, 1.54) is 32.1 Å². The van der Waals surface area contributed by atoms with Gasteiger partial charge in [0, 0.05) is 12.2 Å². The Balaban J connectivity index is 2.61. The van der Waals surface area contributed by atoms with E-state index in [4.69, 9.17) is 5.26 Å². The van der Waals surface area contributed by atoms with Crippen LogP contribution in [0.3, 0.4) is 0 Å². The van der Waals surface area contributed by atoms with Crippen molar-refractivity contribution in [2.45, 2.75) is 78.2 Å². The highest BCUT2D eigenvalue weighted by molar-refractivity contribution is 5.28. The van der Waals surface area contributed by atoms with Gasteiger partial charge in [0.25, 0.3) is 5.56 Å². The van der Waals surface area contributed by atoms with Crippen molar-refractivity contribution >= 4 is 0 Å². The van der Waals surface area contributed by atoms with Gasteiger partial charge in [-0.3, -0.25) is 4.79 Å². The summed E-state index contributed by atoms with van der Waals surface area (Å²) in [6, 6.07) is 5.57. The van der Waals surface area contributed by atoms with Gasteiger partial charge in [-0.2, -0.15) is 5.26 Å². The first-order chi connectivity index (χ1) is 10.1. The van der Waals surface area contributed by atoms with E-state index in [0.717, 1.165) is 25.1 Å². The number of pyridine rings is 1. The molecule has 21 heavy (non-hydrogen) atoms. The van der Waals surface area contributed by atoms with Crippen LogP contribution in [-0.2, 0) is 6.54 Å². The number of hydrogen-bond acceptors (Lipinski definition) is 2. The molecule has 3 nitrogen and oxygen atoms in total. The van der Waals surface area contributed by atoms with Crippen LogP contribution < -0.4 is 5.56 Å². The summed E-state index contributed by atoms with van der Waals surface area (Å²) in [6.45, 7) is 7.13. The molecule has 0 bridgehead atoms. The van der Waals surface area contributed by atoms with Crippen LogP contribution in [-0.4, -0.2) is 4.57 Å². The highest BCUT2D eigenvalue weighted by Crippen LogP contribution is 2.14. The number of nitriles is 1. The molecule has 1 aromatic rings. The number of rotatable bonds is 9. The van der Waals surface area contributed by atoms with E-state index < -0.39 is 0 Å². The van der Waals surface area contributed by atoms with Gasteiger partial charge < -0.3 is 4.57 Å². The molecule has 3 heteroatoms. The SMILES string of the molecule is CCCCCCCCCn1c(C(C)C)ccc(C#N)c1=O. The average molecular weight is 288 g/mol. The molecule has 0 aromatic carbocycles. The number of hydrogen-bond donors (Lipinski definition) is 0. The van der Waals surface area contributed by atoms with Crippen molar-refractivity contribution in [2.75, 3.05) is 0 Å². The summed E-state index contributed by atoms with van der Waals surface area (Å²) in [7, 11) is 0. The smallest absolute Gasteiger partial charge is 0.268 e. The lowest BCUT2D eigenvalue weighted by atomic mass is 10.1. The molecule has 0 radical (unpaired) electrons. The second-order valence-corrected chi connectivity index (χ2v) is 6.02. The van der Waals surface area contributed by atoms with E-state index in [0.29, 0.717) is 5.92 Å². The molecule has 0 atom stereocenters. The first kappa shape index (κ1) is 17.5. The van der Waals surface area contributed by atoms with Gasteiger partial charge in [-0.25, -0.2) is 0 Å². The van der Waals surface area contributed by atoms with Gasteiger partial charge in [-0.05, 0) is 24.5 Å². The van der Waals surface area contributed by atoms with Crippen LogP contribution in [0.15, 0.2) is 16.9 Å². The first-order valence-electron chi connectivity index (χ1n) is 8.25. The first-order valence-corrected chi connectivity index (χ1v) is 8.25. The molecule has 0 aliphatic heterocycles. The highest BCUT2D eigenvalue weighted by Gasteiger charge is 2.10. The third kappa shape index (κ3) is 5.38. The summed E-state index contributed by atoms with van der Waals surface area (Å²) in [5, 5.41) is 9.00. The van der Waals surface area contributed by atoms with Crippen LogP contribution in [0.2, 0.25) is 0 Å². The van der Waals surface area contributed by atoms with Crippen molar-refractivity contribution in [1.29, 1.82) is 5.26 Å². The van der Waals surface area contributed by atoms with Crippen LogP contribution in [0.1, 0.15) is 82.9 Å². The van der Waals surface area contributed by atoms with E-state index in [-0.39, 0.29) is 11.1 Å². The molecule has 0 spiro atoms. The quantitative estimate of drug-likeness (QED) is 0.624. The molecule has 116 valence electrons. The zero-order chi connectivity index (χ0) is 15.7. The summed E-state index contributed by atoms with van der Waals surface area (Å²) in [5.74, 6) is 0.301. The average Bonchev–Trinajstić information content (AvgIpc) is 2.47. The van der Waals surface area contributed by atoms with E-state index >= 15 is 0 Å². The Kier molecular flexibility index (Phi) is 7.82. The summed E-state index contributed by atoms with van der Waals surface area (Å²) in [6.07, 6.45) is 8.61. The summed E-state index contributed by atoms with van der Waals surface area (Å²) >= 11 is 0. The standard InChI is InChI=1S/C18H28N2O/c1-4-5-6-7-8-9-10-13-20-17(15(2)3)12-11-16(14-19)18(20)21/h11-12,15H,4-10,13H2,1-3H3. The third-order valence-corrected chi connectivity index (χ3v) is 3.91. The lowest BCUT2D eigenvalue weighted by Crippen LogP contribution is -2.26. The minimum Gasteiger partial charge on any atom is -0.311 e.